The number of aryl methyl sites for hydroxylation is 1. The molecule has 7 heteroatoms. The number of hydrogen-bond donors (Lipinski definition) is 2. The van der Waals surface area contributed by atoms with E-state index in [9.17, 15) is 14.7 Å². The van der Waals surface area contributed by atoms with Crippen LogP contribution < -0.4 is 10.9 Å². The summed E-state index contributed by atoms with van der Waals surface area (Å²) in [4.78, 5) is 26.7. The lowest BCUT2D eigenvalue weighted by Gasteiger charge is -2.26. The van der Waals surface area contributed by atoms with E-state index in [1.807, 2.05) is 0 Å². The Bertz CT molecular complexity index is 840. The maximum Gasteiger partial charge on any atom is 0.340 e. The Morgan fingerprint density at radius 2 is 2.08 bits per heavy atom. The van der Waals surface area contributed by atoms with Gasteiger partial charge in [0.05, 0.1) is 25.2 Å². The van der Waals surface area contributed by atoms with Crippen molar-refractivity contribution >= 4 is 16.9 Å². The molecule has 3 rings (SSSR count). The van der Waals surface area contributed by atoms with Crippen LogP contribution in [-0.2, 0) is 16.0 Å². The number of phenolic OH excluding ortho intramolecular Hbond substituents is 1. The van der Waals surface area contributed by atoms with Crippen LogP contribution in [0.5, 0.6) is 5.75 Å². The Morgan fingerprint density at radius 3 is 2.85 bits per heavy atom. The van der Waals surface area contributed by atoms with Crippen LogP contribution in [0, 0.1) is 6.92 Å². The van der Waals surface area contributed by atoms with Crippen LogP contribution >= 0.6 is 0 Å². The van der Waals surface area contributed by atoms with Gasteiger partial charge in [-0.3, -0.25) is 9.69 Å². The largest absolute Gasteiger partial charge is 0.508 e. The summed E-state index contributed by atoms with van der Waals surface area (Å²) in [6.45, 7) is 6.67. The Hall–Kier alpha value is -2.38. The van der Waals surface area contributed by atoms with Gasteiger partial charge in [-0.2, -0.15) is 0 Å². The Labute approximate surface area is 151 Å². The first-order valence-electron chi connectivity index (χ1n) is 8.86. The first-order valence-corrected chi connectivity index (χ1v) is 8.86. The van der Waals surface area contributed by atoms with E-state index in [1.165, 1.54) is 12.1 Å². The predicted octanol–water partition coefficient (Wildman–Crippen LogP) is 1.19. The van der Waals surface area contributed by atoms with Crippen molar-refractivity contribution in [2.45, 2.75) is 19.8 Å². The molecular weight excluding hydrogens is 336 g/mol. The van der Waals surface area contributed by atoms with Gasteiger partial charge in [0.25, 0.3) is 0 Å². The van der Waals surface area contributed by atoms with E-state index in [0.29, 0.717) is 23.3 Å². The molecule has 1 fully saturated rings. The highest BCUT2D eigenvalue weighted by molar-refractivity contribution is 5.85. The van der Waals surface area contributed by atoms with Crippen molar-refractivity contribution in [3.8, 4) is 5.75 Å². The van der Waals surface area contributed by atoms with Gasteiger partial charge in [0.15, 0.2) is 0 Å². The van der Waals surface area contributed by atoms with Gasteiger partial charge in [0.2, 0.25) is 5.91 Å². The lowest BCUT2D eigenvalue weighted by molar-refractivity contribution is -0.120. The number of ether oxygens (including phenoxy) is 1. The van der Waals surface area contributed by atoms with Crippen LogP contribution in [0.2, 0.25) is 0 Å². The Kier molecular flexibility index (Phi) is 5.90. The minimum atomic E-state index is -0.538. The van der Waals surface area contributed by atoms with Crippen molar-refractivity contribution < 1.29 is 19.1 Å². The molecule has 1 amide bonds. The summed E-state index contributed by atoms with van der Waals surface area (Å²) < 4.78 is 10.6. The number of carbonyl (C=O) groups is 1. The van der Waals surface area contributed by atoms with Crippen LogP contribution in [0.15, 0.2) is 27.4 Å². The maximum atomic E-state index is 12.2. The molecule has 0 bridgehead atoms. The van der Waals surface area contributed by atoms with Crippen molar-refractivity contribution in [2.75, 3.05) is 39.4 Å². The van der Waals surface area contributed by atoms with Gasteiger partial charge < -0.3 is 19.6 Å². The molecule has 0 aliphatic carbocycles. The van der Waals surface area contributed by atoms with Gasteiger partial charge >= 0.3 is 5.63 Å². The Balaban J connectivity index is 1.57. The summed E-state index contributed by atoms with van der Waals surface area (Å²) in [5.74, 6) is -0.161. The second-order valence-corrected chi connectivity index (χ2v) is 6.51. The molecule has 7 nitrogen and oxygen atoms in total. The number of carbonyl (C=O) groups excluding carboxylic acids is 1. The molecule has 0 atom stereocenters. The van der Waals surface area contributed by atoms with Gasteiger partial charge in [-0.25, -0.2) is 4.79 Å². The summed E-state index contributed by atoms with van der Waals surface area (Å²) in [5, 5.41) is 13.1. The second kappa shape index (κ2) is 8.33. The molecule has 2 aromatic rings. The molecule has 26 heavy (non-hydrogen) atoms. The van der Waals surface area contributed by atoms with Crippen LogP contribution in [0.25, 0.3) is 11.0 Å². The highest BCUT2D eigenvalue weighted by atomic mass is 16.5. The monoisotopic (exact) mass is 360 g/mol. The summed E-state index contributed by atoms with van der Waals surface area (Å²) in [7, 11) is 0. The lowest BCUT2D eigenvalue weighted by atomic mass is 10.0. The van der Waals surface area contributed by atoms with E-state index in [4.69, 9.17) is 9.15 Å². The third kappa shape index (κ3) is 4.42. The number of morpholine rings is 1. The quantitative estimate of drug-likeness (QED) is 0.594. The second-order valence-electron chi connectivity index (χ2n) is 6.51. The van der Waals surface area contributed by atoms with Gasteiger partial charge in [-0.05, 0) is 37.6 Å². The maximum absolute atomic E-state index is 12.2. The fourth-order valence-electron chi connectivity index (χ4n) is 3.17. The number of aromatic hydroxyl groups is 1. The normalized spacial score (nSPS) is 15.3. The van der Waals surface area contributed by atoms with Crippen molar-refractivity contribution in [3.05, 3.63) is 39.7 Å². The molecule has 1 aromatic carbocycles. The van der Waals surface area contributed by atoms with Gasteiger partial charge in [-0.15, -0.1) is 0 Å². The number of phenols is 1. The average Bonchev–Trinajstić information content (AvgIpc) is 2.63. The Morgan fingerprint density at radius 1 is 1.31 bits per heavy atom. The molecule has 1 aromatic heterocycles. The highest BCUT2D eigenvalue weighted by Gasteiger charge is 2.15. The first kappa shape index (κ1) is 18.4. The summed E-state index contributed by atoms with van der Waals surface area (Å²) in [6, 6.07) is 4.62. The number of rotatable bonds is 6. The molecule has 0 saturated carbocycles. The number of nitrogens with one attached hydrogen (secondary N) is 1. The number of benzene rings is 1. The topological polar surface area (TPSA) is 92.0 Å². The smallest absolute Gasteiger partial charge is 0.340 e. The third-order valence-corrected chi connectivity index (χ3v) is 4.69. The van der Waals surface area contributed by atoms with Crippen LogP contribution in [0.3, 0.4) is 0 Å². The first-order chi connectivity index (χ1) is 12.5. The fourth-order valence-corrected chi connectivity index (χ4v) is 3.17. The molecule has 0 unspecified atom stereocenters. The zero-order valence-corrected chi connectivity index (χ0v) is 14.9. The van der Waals surface area contributed by atoms with E-state index in [2.05, 4.69) is 10.2 Å². The zero-order valence-electron chi connectivity index (χ0n) is 14.9. The van der Waals surface area contributed by atoms with Gasteiger partial charge in [0.1, 0.15) is 11.3 Å². The molecule has 1 aliphatic heterocycles. The summed E-state index contributed by atoms with van der Waals surface area (Å²) in [5.41, 5.74) is 0.847. The van der Waals surface area contributed by atoms with Gasteiger partial charge in [-0.1, -0.05) is 0 Å². The molecule has 1 aliphatic rings. The van der Waals surface area contributed by atoms with E-state index in [1.54, 1.807) is 13.0 Å². The number of amides is 1. The predicted molar refractivity (Wildman–Crippen MR) is 97.5 cm³/mol. The highest BCUT2D eigenvalue weighted by Crippen LogP contribution is 2.23. The molecular formula is C19H24N2O5. The molecule has 0 radical (unpaired) electrons. The van der Waals surface area contributed by atoms with Crippen LogP contribution in [0.1, 0.15) is 17.5 Å². The van der Waals surface area contributed by atoms with Crippen molar-refractivity contribution in [2.24, 2.45) is 0 Å². The van der Waals surface area contributed by atoms with Crippen molar-refractivity contribution in [3.63, 3.8) is 0 Å². The van der Waals surface area contributed by atoms with Crippen LogP contribution in [0.4, 0.5) is 0 Å². The zero-order chi connectivity index (χ0) is 18.5. The SMILES string of the molecule is Cc1c(CC(=O)NCCCN2CCOCC2)c(=O)oc2cc(O)ccc12. The van der Waals surface area contributed by atoms with Crippen molar-refractivity contribution in [1.82, 2.24) is 10.2 Å². The number of nitrogens with zero attached hydrogens (tertiary/aromatic N) is 1. The molecule has 2 heterocycles. The van der Waals surface area contributed by atoms with Crippen molar-refractivity contribution in [1.29, 1.82) is 0 Å². The standard InChI is InChI=1S/C19H24N2O5/c1-13-15-4-3-14(22)11-17(15)26-19(24)16(13)12-18(23)20-5-2-6-21-7-9-25-10-8-21/h3-4,11,22H,2,5-10,12H2,1H3,(H,20,23). The molecule has 140 valence electrons. The lowest BCUT2D eigenvalue weighted by Crippen LogP contribution is -2.38. The minimum Gasteiger partial charge on any atom is -0.508 e. The number of hydrogen-bond acceptors (Lipinski definition) is 6. The van der Waals surface area contributed by atoms with E-state index in [0.717, 1.165) is 44.7 Å². The molecule has 0 spiro atoms. The van der Waals surface area contributed by atoms with E-state index >= 15 is 0 Å². The van der Waals surface area contributed by atoms with E-state index < -0.39 is 5.63 Å². The fraction of sp³-hybridized carbons (Fsp3) is 0.474. The summed E-state index contributed by atoms with van der Waals surface area (Å²) >= 11 is 0. The third-order valence-electron chi connectivity index (χ3n) is 4.69. The van der Waals surface area contributed by atoms with Gasteiger partial charge in [0, 0.05) is 31.1 Å². The average molecular weight is 360 g/mol. The minimum absolute atomic E-state index is 0.0114. The molecule has 2 N–H and O–H groups in total. The van der Waals surface area contributed by atoms with E-state index in [-0.39, 0.29) is 18.1 Å². The molecule has 1 saturated heterocycles. The summed E-state index contributed by atoms with van der Waals surface area (Å²) in [6.07, 6.45) is 0.846. The van der Waals surface area contributed by atoms with Crippen LogP contribution in [-0.4, -0.2) is 55.3 Å². The number of fused-ring (bicyclic) bond motifs is 1.